The molecule has 0 radical (unpaired) electrons. The van der Waals surface area contributed by atoms with Crippen LogP contribution in [-0.4, -0.2) is 43.5 Å². The molecular formula is C17H13N2O6S-. The first-order valence-electron chi connectivity index (χ1n) is 7.47. The second-order valence-corrected chi connectivity index (χ2v) is 7.60. The van der Waals surface area contributed by atoms with E-state index in [9.17, 15) is 27.9 Å². The standard InChI is InChI=1S/C17H14N2O6S/c1-19-14(15(20)12-4-2-3-5-13(12)26(19,24)25)16(21)18-11-8-6-10(7-9-11)17(22)23/h2-9,14H,1H3,(H,18,21)(H,22,23)/p-1/t14-/m0/s1. The van der Waals surface area contributed by atoms with Crippen LogP contribution >= 0.6 is 0 Å². The number of carboxylic acids is 1. The molecule has 2 aromatic rings. The van der Waals surface area contributed by atoms with Crippen molar-refractivity contribution in [3.8, 4) is 0 Å². The third-order valence-electron chi connectivity index (χ3n) is 4.06. The van der Waals surface area contributed by atoms with Crippen LogP contribution in [0.2, 0.25) is 0 Å². The molecule has 3 rings (SSSR count). The van der Waals surface area contributed by atoms with Crippen LogP contribution in [0.5, 0.6) is 0 Å². The molecule has 1 atom stereocenters. The number of carbonyl (C=O) groups excluding carboxylic acids is 3. The van der Waals surface area contributed by atoms with Gasteiger partial charge in [0.2, 0.25) is 10.0 Å². The highest BCUT2D eigenvalue weighted by Crippen LogP contribution is 2.29. The number of carboxylic acid groups (broad SMARTS) is 1. The van der Waals surface area contributed by atoms with Gasteiger partial charge in [-0.2, -0.15) is 4.31 Å². The first kappa shape index (κ1) is 17.8. The number of anilines is 1. The Morgan fingerprint density at radius 2 is 1.69 bits per heavy atom. The molecule has 134 valence electrons. The molecule has 1 heterocycles. The fraction of sp³-hybridized carbons (Fsp3) is 0.118. The van der Waals surface area contributed by atoms with Gasteiger partial charge in [-0.25, -0.2) is 8.42 Å². The number of hydrogen-bond acceptors (Lipinski definition) is 6. The normalized spacial score (nSPS) is 18.8. The maximum Gasteiger partial charge on any atom is 0.250 e. The van der Waals surface area contributed by atoms with E-state index >= 15 is 0 Å². The Hall–Kier alpha value is -3.04. The van der Waals surface area contributed by atoms with Gasteiger partial charge in [0, 0.05) is 18.3 Å². The highest BCUT2D eigenvalue weighted by Gasteiger charge is 2.45. The summed E-state index contributed by atoms with van der Waals surface area (Å²) >= 11 is 0. The lowest BCUT2D eigenvalue weighted by molar-refractivity contribution is -0.255. The number of hydrogen-bond donors (Lipinski definition) is 1. The van der Waals surface area contributed by atoms with Gasteiger partial charge >= 0.3 is 0 Å². The topological polar surface area (TPSA) is 124 Å². The van der Waals surface area contributed by atoms with E-state index in [0.29, 0.717) is 0 Å². The van der Waals surface area contributed by atoms with Crippen molar-refractivity contribution in [2.75, 3.05) is 12.4 Å². The van der Waals surface area contributed by atoms with Crippen LogP contribution in [0.4, 0.5) is 5.69 Å². The van der Waals surface area contributed by atoms with Gasteiger partial charge in [-0.3, -0.25) is 9.59 Å². The van der Waals surface area contributed by atoms with Crippen molar-refractivity contribution < 1.29 is 27.9 Å². The summed E-state index contributed by atoms with van der Waals surface area (Å²) in [5, 5.41) is 13.2. The summed E-state index contributed by atoms with van der Waals surface area (Å²) in [6, 6.07) is 9.21. The predicted octanol–water partition coefficient (Wildman–Crippen LogP) is -0.126. The zero-order chi connectivity index (χ0) is 19.1. The van der Waals surface area contributed by atoms with Crippen LogP contribution in [0.1, 0.15) is 20.7 Å². The Bertz CT molecular complexity index is 1010. The van der Waals surface area contributed by atoms with Gasteiger partial charge < -0.3 is 15.2 Å². The van der Waals surface area contributed by atoms with Crippen LogP contribution < -0.4 is 10.4 Å². The van der Waals surface area contributed by atoms with Gasteiger partial charge in [0.1, 0.15) is 0 Å². The van der Waals surface area contributed by atoms with Crippen LogP contribution in [0.15, 0.2) is 53.4 Å². The molecule has 1 N–H and O–H groups in total. The SMILES string of the molecule is CN1[C@H](C(=O)Nc2ccc(C(=O)[O-])cc2)C(=O)c2ccccc2S1(=O)=O. The van der Waals surface area contributed by atoms with Gasteiger partial charge in [-0.15, -0.1) is 0 Å². The highest BCUT2D eigenvalue weighted by atomic mass is 32.2. The summed E-state index contributed by atoms with van der Waals surface area (Å²) in [5.41, 5.74) is 0.0980. The number of ketones is 1. The van der Waals surface area contributed by atoms with E-state index in [0.717, 1.165) is 11.4 Å². The lowest BCUT2D eigenvalue weighted by atomic mass is 10.0. The van der Waals surface area contributed by atoms with Gasteiger partial charge in [0.15, 0.2) is 11.8 Å². The molecular weight excluding hydrogens is 360 g/mol. The molecule has 0 unspecified atom stereocenters. The number of rotatable bonds is 3. The largest absolute Gasteiger partial charge is 0.545 e. The number of Topliss-reactive ketones (excluding diaryl/α,β-unsaturated/α-hetero) is 1. The van der Waals surface area contributed by atoms with E-state index in [4.69, 9.17) is 0 Å². The average Bonchev–Trinajstić information content (AvgIpc) is 2.61. The first-order chi connectivity index (χ1) is 12.2. The number of amides is 1. The number of nitrogens with zero attached hydrogens (tertiary/aromatic N) is 1. The molecule has 8 nitrogen and oxygen atoms in total. The van der Waals surface area contributed by atoms with E-state index < -0.39 is 33.7 Å². The average molecular weight is 373 g/mol. The summed E-state index contributed by atoms with van der Waals surface area (Å²) in [6.07, 6.45) is 0. The molecule has 0 fully saturated rings. The summed E-state index contributed by atoms with van der Waals surface area (Å²) < 4.78 is 25.8. The molecule has 2 aromatic carbocycles. The Kier molecular flexibility index (Phi) is 4.34. The minimum atomic E-state index is -3.99. The third kappa shape index (κ3) is 2.87. The van der Waals surface area contributed by atoms with E-state index in [1.165, 1.54) is 48.5 Å². The number of benzene rings is 2. The van der Waals surface area contributed by atoms with E-state index in [2.05, 4.69) is 5.32 Å². The van der Waals surface area contributed by atoms with Crippen molar-refractivity contribution >= 4 is 33.4 Å². The number of aromatic carboxylic acids is 1. The first-order valence-corrected chi connectivity index (χ1v) is 8.91. The summed E-state index contributed by atoms with van der Waals surface area (Å²) in [4.78, 5) is 35.8. The molecule has 0 aliphatic carbocycles. The number of nitrogens with one attached hydrogen (secondary N) is 1. The Labute approximate surface area is 149 Å². The Morgan fingerprint density at radius 3 is 2.31 bits per heavy atom. The fourth-order valence-corrected chi connectivity index (χ4v) is 4.16. The minimum Gasteiger partial charge on any atom is -0.545 e. The second-order valence-electron chi connectivity index (χ2n) is 5.64. The van der Waals surface area contributed by atoms with Crippen molar-refractivity contribution in [2.45, 2.75) is 10.9 Å². The number of carbonyl (C=O) groups is 3. The van der Waals surface area contributed by atoms with Gasteiger partial charge in [0.25, 0.3) is 5.91 Å². The van der Waals surface area contributed by atoms with Gasteiger partial charge in [0.05, 0.1) is 10.9 Å². The van der Waals surface area contributed by atoms with E-state index in [1.54, 1.807) is 0 Å². The molecule has 0 saturated heterocycles. The highest BCUT2D eigenvalue weighted by molar-refractivity contribution is 7.89. The molecule has 9 heteroatoms. The predicted molar refractivity (Wildman–Crippen MR) is 88.9 cm³/mol. The van der Waals surface area contributed by atoms with Crippen LogP contribution in [0.3, 0.4) is 0 Å². The van der Waals surface area contributed by atoms with Crippen LogP contribution in [0.25, 0.3) is 0 Å². The molecule has 0 aromatic heterocycles. The maximum absolute atomic E-state index is 12.6. The summed E-state index contributed by atoms with van der Waals surface area (Å²) in [6.45, 7) is 0. The molecule has 1 amide bonds. The summed E-state index contributed by atoms with van der Waals surface area (Å²) in [5.74, 6) is -2.84. The third-order valence-corrected chi connectivity index (χ3v) is 5.94. The lowest BCUT2D eigenvalue weighted by Crippen LogP contribution is -2.53. The molecule has 0 saturated carbocycles. The quantitative estimate of drug-likeness (QED) is 0.748. The smallest absolute Gasteiger partial charge is 0.250 e. The van der Waals surface area contributed by atoms with Crippen molar-refractivity contribution in [3.05, 3.63) is 59.7 Å². The van der Waals surface area contributed by atoms with Gasteiger partial charge in [-0.05, 0) is 29.8 Å². The van der Waals surface area contributed by atoms with Crippen molar-refractivity contribution in [3.63, 3.8) is 0 Å². The Morgan fingerprint density at radius 1 is 1.08 bits per heavy atom. The van der Waals surface area contributed by atoms with Gasteiger partial charge in [-0.1, -0.05) is 24.3 Å². The van der Waals surface area contributed by atoms with Crippen LogP contribution in [0, 0.1) is 0 Å². The number of fused-ring (bicyclic) bond motifs is 1. The molecule has 1 aliphatic heterocycles. The van der Waals surface area contributed by atoms with Crippen molar-refractivity contribution in [2.24, 2.45) is 0 Å². The fourth-order valence-electron chi connectivity index (χ4n) is 2.69. The maximum atomic E-state index is 12.6. The zero-order valence-corrected chi connectivity index (χ0v) is 14.3. The molecule has 1 aliphatic rings. The summed E-state index contributed by atoms with van der Waals surface area (Å²) in [7, 11) is -2.83. The van der Waals surface area contributed by atoms with Crippen molar-refractivity contribution in [1.82, 2.24) is 4.31 Å². The molecule has 0 spiro atoms. The molecule has 26 heavy (non-hydrogen) atoms. The van der Waals surface area contributed by atoms with E-state index in [1.807, 2.05) is 0 Å². The monoisotopic (exact) mass is 373 g/mol. The van der Waals surface area contributed by atoms with Crippen LogP contribution in [-0.2, 0) is 14.8 Å². The second kappa shape index (κ2) is 6.36. The van der Waals surface area contributed by atoms with E-state index in [-0.39, 0.29) is 21.7 Å². The number of likely N-dealkylation sites (N-methyl/N-ethyl adjacent to an activating group) is 1. The molecule has 0 bridgehead atoms. The Balaban J connectivity index is 1.92. The zero-order valence-electron chi connectivity index (χ0n) is 13.5. The minimum absolute atomic E-state index is 0.0435. The lowest BCUT2D eigenvalue weighted by Gasteiger charge is -2.30. The number of sulfonamides is 1. The van der Waals surface area contributed by atoms with Crippen molar-refractivity contribution in [1.29, 1.82) is 0 Å².